The van der Waals surface area contributed by atoms with E-state index in [2.05, 4.69) is 20.8 Å². The van der Waals surface area contributed by atoms with Crippen LogP contribution in [0.25, 0.3) is 0 Å². The molecule has 1 saturated heterocycles. The molecule has 5 heteroatoms. The number of hydrogen-bond acceptors (Lipinski definition) is 5. The lowest BCUT2D eigenvalue weighted by atomic mass is 9.80. The molecule has 2 aliphatic rings. The van der Waals surface area contributed by atoms with E-state index in [1.165, 1.54) is 0 Å². The van der Waals surface area contributed by atoms with E-state index in [9.17, 15) is 14.4 Å². The van der Waals surface area contributed by atoms with E-state index < -0.39 is 34.3 Å². The van der Waals surface area contributed by atoms with Crippen LogP contribution < -0.4 is 0 Å². The predicted octanol–water partition coefficient (Wildman–Crippen LogP) is 4.08. The molecule has 0 bridgehead atoms. The molecule has 1 aromatic carbocycles. The van der Waals surface area contributed by atoms with Crippen molar-refractivity contribution in [2.75, 3.05) is 6.61 Å². The van der Waals surface area contributed by atoms with E-state index in [-0.39, 0.29) is 17.8 Å². The molecule has 0 amide bonds. The maximum atomic E-state index is 13.7. The molecule has 0 spiro atoms. The Kier molecular flexibility index (Phi) is 4.53. The summed E-state index contributed by atoms with van der Waals surface area (Å²) in [4.78, 5) is 39.5. The summed E-state index contributed by atoms with van der Waals surface area (Å²) in [5, 5.41) is 0. The third-order valence-electron chi connectivity index (χ3n) is 6.49. The average molecular weight is 386 g/mol. The second kappa shape index (κ2) is 6.16. The Balaban J connectivity index is 2.08. The molecule has 0 radical (unpaired) electrons. The summed E-state index contributed by atoms with van der Waals surface area (Å²) in [5.41, 5.74) is -1.97. The molecule has 28 heavy (non-hydrogen) atoms. The summed E-state index contributed by atoms with van der Waals surface area (Å²) in [5.74, 6) is -1.99. The van der Waals surface area contributed by atoms with Gasteiger partial charge in [-0.3, -0.25) is 14.4 Å². The first-order valence-corrected chi connectivity index (χ1v) is 9.97. The molecule has 2 fully saturated rings. The van der Waals surface area contributed by atoms with Gasteiger partial charge in [0, 0.05) is 11.5 Å². The Hall–Kier alpha value is -2.17. The van der Waals surface area contributed by atoms with E-state index in [1.54, 1.807) is 32.9 Å². The number of ketones is 1. The molecule has 1 saturated carbocycles. The average Bonchev–Trinajstić information content (AvgIpc) is 3.21. The SMILES string of the molecule is CCOC(=O)[C@@]12C(=O)OC(C)(C)[C@@H]1[C@]2(CC)C(=O)c1ccc(C(C)(C)C)cc1. The summed E-state index contributed by atoms with van der Waals surface area (Å²) in [6.45, 7) is 13.6. The number of benzene rings is 1. The molecule has 1 aliphatic heterocycles. The van der Waals surface area contributed by atoms with Crippen molar-refractivity contribution in [2.24, 2.45) is 16.7 Å². The van der Waals surface area contributed by atoms with E-state index in [1.807, 2.05) is 19.1 Å². The summed E-state index contributed by atoms with van der Waals surface area (Å²) in [6.07, 6.45) is 0.370. The van der Waals surface area contributed by atoms with E-state index >= 15 is 0 Å². The van der Waals surface area contributed by atoms with Crippen molar-refractivity contribution in [2.45, 2.75) is 65.9 Å². The zero-order chi connectivity index (χ0) is 21.1. The fourth-order valence-electron chi connectivity index (χ4n) is 5.29. The van der Waals surface area contributed by atoms with Crippen molar-refractivity contribution < 1.29 is 23.9 Å². The Labute approximate surface area is 166 Å². The van der Waals surface area contributed by atoms with Crippen LogP contribution in [0.15, 0.2) is 24.3 Å². The fourth-order valence-corrected chi connectivity index (χ4v) is 5.29. The first-order chi connectivity index (χ1) is 12.9. The molecule has 1 aromatic rings. The minimum Gasteiger partial charge on any atom is -0.465 e. The molecule has 0 unspecified atom stereocenters. The topological polar surface area (TPSA) is 69.7 Å². The van der Waals surface area contributed by atoms with Gasteiger partial charge in [-0.25, -0.2) is 0 Å². The zero-order valence-corrected chi connectivity index (χ0v) is 17.8. The van der Waals surface area contributed by atoms with Crippen molar-refractivity contribution in [3.63, 3.8) is 0 Å². The van der Waals surface area contributed by atoms with Gasteiger partial charge in [0.15, 0.2) is 11.2 Å². The van der Waals surface area contributed by atoms with Gasteiger partial charge < -0.3 is 9.47 Å². The predicted molar refractivity (Wildman–Crippen MR) is 105 cm³/mol. The van der Waals surface area contributed by atoms with Gasteiger partial charge in [-0.15, -0.1) is 0 Å². The first kappa shape index (κ1) is 20.6. The molecule has 152 valence electrons. The maximum absolute atomic E-state index is 13.7. The van der Waals surface area contributed by atoms with Crippen molar-refractivity contribution in [3.8, 4) is 0 Å². The van der Waals surface area contributed by atoms with Gasteiger partial charge in [0.2, 0.25) is 0 Å². The second-order valence-electron chi connectivity index (χ2n) is 9.44. The number of fused-ring (bicyclic) bond motifs is 1. The minimum absolute atomic E-state index is 0.0297. The molecule has 5 nitrogen and oxygen atoms in total. The first-order valence-electron chi connectivity index (χ1n) is 9.97. The van der Waals surface area contributed by atoms with Crippen LogP contribution in [0.2, 0.25) is 0 Å². The number of ether oxygens (including phenoxy) is 2. The Morgan fingerprint density at radius 1 is 1.11 bits per heavy atom. The lowest BCUT2D eigenvalue weighted by Gasteiger charge is -2.28. The van der Waals surface area contributed by atoms with Gasteiger partial charge in [-0.05, 0) is 38.2 Å². The van der Waals surface area contributed by atoms with Gasteiger partial charge in [-0.1, -0.05) is 52.0 Å². The molecule has 0 N–H and O–H groups in total. The zero-order valence-electron chi connectivity index (χ0n) is 17.8. The highest BCUT2D eigenvalue weighted by atomic mass is 16.6. The summed E-state index contributed by atoms with van der Waals surface area (Å²) < 4.78 is 10.7. The molecule has 0 aromatic heterocycles. The smallest absolute Gasteiger partial charge is 0.325 e. The quantitative estimate of drug-likeness (QED) is 0.433. The van der Waals surface area contributed by atoms with Crippen LogP contribution >= 0.6 is 0 Å². The molecule has 3 rings (SSSR count). The monoisotopic (exact) mass is 386 g/mol. The van der Waals surface area contributed by atoms with Crippen LogP contribution in [0, 0.1) is 16.7 Å². The van der Waals surface area contributed by atoms with Crippen LogP contribution in [0.1, 0.15) is 70.8 Å². The van der Waals surface area contributed by atoms with Gasteiger partial charge in [-0.2, -0.15) is 0 Å². The Morgan fingerprint density at radius 2 is 1.68 bits per heavy atom. The van der Waals surface area contributed by atoms with E-state index in [0.29, 0.717) is 12.0 Å². The number of carbonyl (C=O) groups excluding carboxylic acids is 3. The van der Waals surface area contributed by atoms with Crippen LogP contribution in [0.4, 0.5) is 0 Å². The summed E-state index contributed by atoms with van der Waals surface area (Å²) in [7, 11) is 0. The highest BCUT2D eigenvalue weighted by Gasteiger charge is 2.95. The second-order valence-corrected chi connectivity index (χ2v) is 9.44. The van der Waals surface area contributed by atoms with Crippen LogP contribution in [-0.2, 0) is 24.5 Å². The van der Waals surface area contributed by atoms with Crippen LogP contribution in [0.5, 0.6) is 0 Å². The lowest BCUT2D eigenvalue weighted by molar-refractivity contribution is -0.166. The third kappa shape index (κ3) is 2.41. The van der Waals surface area contributed by atoms with Gasteiger partial charge in [0.05, 0.1) is 12.0 Å². The van der Waals surface area contributed by atoms with Gasteiger partial charge in [0.25, 0.3) is 0 Å². The maximum Gasteiger partial charge on any atom is 0.325 e. The van der Waals surface area contributed by atoms with E-state index in [0.717, 1.165) is 5.56 Å². The minimum atomic E-state index is -1.54. The molecule has 1 heterocycles. The van der Waals surface area contributed by atoms with Crippen molar-refractivity contribution in [3.05, 3.63) is 35.4 Å². The molecular formula is C23H30O5. The third-order valence-corrected chi connectivity index (χ3v) is 6.49. The standard InChI is InChI=1S/C23H30O5/c1-8-22(16(24)14-10-12-15(13-11-14)20(3,4)5)17-21(6,7)28-19(26)23(17,22)18(25)27-9-2/h10-13,17H,8-9H2,1-7H3/t17-,22+,23-/m1/s1. The highest BCUT2D eigenvalue weighted by Crippen LogP contribution is 2.80. The largest absolute Gasteiger partial charge is 0.465 e. The number of Topliss-reactive ketones (excluding diaryl/α,β-unsaturated/α-hetero) is 1. The molecule has 3 atom stereocenters. The number of carbonyl (C=O) groups is 3. The number of esters is 2. The lowest BCUT2D eigenvalue weighted by Crippen LogP contribution is -2.40. The Morgan fingerprint density at radius 3 is 2.14 bits per heavy atom. The number of hydrogen-bond donors (Lipinski definition) is 0. The highest BCUT2D eigenvalue weighted by molar-refractivity contribution is 6.19. The van der Waals surface area contributed by atoms with Crippen molar-refractivity contribution in [1.29, 1.82) is 0 Å². The normalized spacial score (nSPS) is 30.4. The fraction of sp³-hybridized carbons (Fsp3) is 0.609. The van der Waals surface area contributed by atoms with Crippen LogP contribution in [0.3, 0.4) is 0 Å². The summed E-state index contributed by atoms with van der Waals surface area (Å²) in [6, 6.07) is 7.47. The molecule has 1 aliphatic carbocycles. The number of cyclic esters (lactones) is 1. The van der Waals surface area contributed by atoms with Gasteiger partial charge >= 0.3 is 11.9 Å². The van der Waals surface area contributed by atoms with Gasteiger partial charge in [0.1, 0.15) is 5.60 Å². The van der Waals surface area contributed by atoms with Crippen molar-refractivity contribution >= 4 is 17.7 Å². The Bertz CT molecular complexity index is 830. The molecular weight excluding hydrogens is 356 g/mol. The number of rotatable bonds is 5. The van der Waals surface area contributed by atoms with Crippen molar-refractivity contribution in [1.82, 2.24) is 0 Å². The summed E-state index contributed by atoms with van der Waals surface area (Å²) >= 11 is 0. The van der Waals surface area contributed by atoms with Crippen LogP contribution in [-0.4, -0.2) is 29.9 Å². The van der Waals surface area contributed by atoms with E-state index in [4.69, 9.17) is 9.47 Å².